The van der Waals surface area contributed by atoms with Gasteiger partial charge in [0.2, 0.25) is 0 Å². The van der Waals surface area contributed by atoms with Crippen molar-refractivity contribution in [3.05, 3.63) is 48.6 Å². The number of ether oxygens (including phenoxy) is 2. The molecular weight excluding hydrogens is 633 g/mol. The van der Waals surface area contributed by atoms with E-state index in [0.29, 0.717) is 12.8 Å². The number of rotatable bonds is 39. The van der Waals surface area contributed by atoms with Crippen molar-refractivity contribution in [2.75, 3.05) is 13.2 Å². The highest BCUT2D eigenvalue weighted by molar-refractivity contribution is 5.70. The van der Waals surface area contributed by atoms with E-state index in [1.807, 2.05) is 0 Å². The lowest BCUT2D eigenvalue weighted by Crippen LogP contribution is -2.28. The zero-order valence-electron chi connectivity index (χ0n) is 33.6. The number of unbranched alkanes of at least 4 members (excludes halogenated alkanes) is 23. The molecule has 0 rings (SSSR count). The fourth-order valence-electron chi connectivity index (χ4n) is 6.13. The molecule has 1 N–H and O–H groups in total. The van der Waals surface area contributed by atoms with Crippen LogP contribution >= 0.6 is 0 Å². The second kappa shape index (κ2) is 42.3. The third kappa shape index (κ3) is 40.5. The normalized spacial score (nSPS) is 12.6. The van der Waals surface area contributed by atoms with Crippen LogP contribution in [0.25, 0.3) is 0 Å². The zero-order valence-corrected chi connectivity index (χ0v) is 33.6. The predicted octanol–water partition coefficient (Wildman–Crippen LogP) is 13.8. The van der Waals surface area contributed by atoms with Crippen LogP contribution in [0.2, 0.25) is 0 Å². The van der Waals surface area contributed by atoms with Crippen molar-refractivity contribution in [2.45, 2.75) is 219 Å². The number of esters is 2. The first-order valence-electron chi connectivity index (χ1n) is 21.7. The Labute approximate surface area is 316 Å². The van der Waals surface area contributed by atoms with E-state index >= 15 is 0 Å². The van der Waals surface area contributed by atoms with E-state index in [-0.39, 0.29) is 25.2 Å². The Morgan fingerprint density at radius 2 is 0.843 bits per heavy atom. The SMILES string of the molecule is CC/C=C\C/C=C\C/C=C\C/C=C\CCCCCCC(=O)OC(CO)COC(=O)CCCCCCCCCCCCCCCCCCCCCC. The van der Waals surface area contributed by atoms with Crippen molar-refractivity contribution >= 4 is 11.9 Å². The van der Waals surface area contributed by atoms with E-state index in [0.717, 1.165) is 77.0 Å². The maximum atomic E-state index is 12.2. The van der Waals surface area contributed by atoms with Crippen LogP contribution in [0.4, 0.5) is 0 Å². The minimum absolute atomic E-state index is 0.0743. The Hall–Kier alpha value is -2.14. The maximum Gasteiger partial charge on any atom is 0.306 e. The molecule has 1 atom stereocenters. The summed E-state index contributed by atoms with van der Waals surface area (Å²) in [6, 6.07) is 0. The van der Waals surface area contributed by atoms with E-state index in [9.17, 15) is 14.7 Å². The third-order valence-electron chi connectivity index (χ3n) is 9.39. The lowest BCUT2D eigenvalue weighted by atomic mass is 10.0. The standard InChI is InChI=1S/C46H82O5/c1-3-5-7-9-11-13-15-17-19-21-22-23-25-26-28-30-32-34-36-38-40-45(48)50-43-44(42-47)51-46(49)41-39-37-35-33-31-29-27-24-20-18-16-14-12-10-8-6-4-2/h6,8,12,14,18,20,27,29,44,47H,3-5,7,9-11,13,15-17,19,21-26,28,30-43H2,1-2H3/b8-6-,14-12-,20-18-,29-27-. The summed E-state index contributed by atoms with van der Waals surface area (Å²) in [5.41, 5.74) is 0. The van der Waals surface area contributed by atoms with Crippen LogP contribution in [0.1, 0.15) is 213 Å². The molecule has 0 fully saturated rings. The molecule has 0 aliphatic carbocycles. The maximum absolute atomic E-state index is 12.2. The Bertz CT molecular complexity index is 858. The van der Waals surface area contributed by atoms with Gasteiger partial charge in [-0.2, -0.15) is 0 Å². The Balaban J connectivity index is 3.55. The van der Waals surface area contributed by atoms with E-state index in [1.54, 1.807) is 0 Å². The first kappa shape index (κ1) is 48.9. The summed E-state index contributed by atoms with van der Waals surface area (Å²) in [7, 11) is 0. The monoisotopic (exact) mass is 715 g/mol. The number of allylic oxidation sites excluding steroid dienone is 8. The van der Waals surface area contributed by atoms with E-state index in [1.165, 1.54) is 109 Å². The minimum atomic E-state index is -0.783. The largest absolute Gasteiger partial charge is 0.462 e. The van der Waals surface area contributed by atoms with Crippen LogP contribution in [0.3, 0.4) is 0 Å². The van der Waals surface area contributed by atoms with Gasteiger partial charge in [-0.15, -0.1) is 0 Å². The van der Waals surface area contributed by atoms with Gasteiger partial charge in [-0.25, -0.2) is 0 Å². The highest BCUT2D eigenvalue weighted by Crippen LogP contribution is 2.15. The molecule has 0 heterocycles. The molecule has 0 saturated heterocycles. The van der Waals surface area contributed by atoms with Crippen LogP contribution in [0.15, 0.2) is 48.6 Å². The van der Waals surface area contributed by atoms with Crippen LogP contribution in [-0.4, -0.2) is 36.4 Å². The number of aliphatic hydroxyl groups excluding tert-OH is 1. The molecule has 5 heteroatoms. The van der Waals surface area contributed by atoms with Crippen LogP contribution in [-0.2, 0) is 19.1 Å². The summed E-state index contributed by atoms with van der Waals surface area (Å²) in [6.07, 6.45) is 53.2. The first-order chi connectivity index (χ1) is 25.1. The van der Waals surface area contributed by atoms with Crippen molar-refractivity contribution in [1.29, 1.82) is 0 Å². The Morgan fingerprint density at radius 3 is 1.27 bits per heavy atom. The summed E-state index contributed by atoms with van der Waals surface area (Å²) in [5.74, 6) is -0.613. The molecule has 0 aromatic carbocycles. The second-order valence-corrected chi connectivity index (χ2v) is 14.4. The number of carbonyl (C=O) groups is 2. The molecule has 0 aromatic heterocycles. The second-order valence-electron chi connectivity index (χ2n) is 14.4. The van der Waals surface area contributed by atoms with E-state index in [4.69, 9.17) is 9.47 Å². The molecular formula is C46H82O5. The van der Waals surface area contributed by atoms with Gasteiger partial charge in [0.05, 0.1) is 6.61 Å². The van der Waals surface area contributed by atoms with Crippen LogP contribution < -0.4 is 0 Å². The van der Waals surface area contributed by atoms with E-state index in [2.05, 4.69) is 62.5 Å². The van der Waals surface area contributed by atoms with Crippen molar-refractivity contribution in [2.24, 2.45) is 0 Å². The number of carbonyl (C=O) groups excluding carboxylic acids is 2. The Kier molecular flexibility index (Phi) is 40.5. The van der Waals surface area contributed by atoms with Crippen molar-refractivity contribution in [1.82, 2.24) is 0 Å². The van der Waals surface area contributed by atoms with Crippen LogP contribution in [0, 0.1) is 0 Å². The van der Waals surface area contributed by atoms with Crippen molar-refractivity contribution < 1.29 is 24.2 Å². The highest BCUT2D eigenvalue weighted by Gasteiger charge is 2.16. The topological polar surface area (TPSA) is 72.8 Å². The van der Waals surface area contributed by atoms with Crippen LogP contribution in [0.5, 0.6) is 0 Å². The summed E-state index contributed by atoms with van der Waals surface area (Å²) in [5, 5.41) is 9.57. The van der Waals surface area contributed by atoms with Gasteiger partial charge >= 0.3 is 11.9 Å². The fraction of sp³-hybridized carbons (Fsp3) is 0.783. The minimum Gasteiger partial charge on any atom is -0.462 e. The van der Waals surface area contributed by atoms with Gasteiger partial charge in [0.1, 0.15) is 6.61 Å². The average Bonchev–Trinajstić information content (AvgIpc) is 3.13. The summed E-state index contributed by atoms with van der Waals surface area (Å²) in [6.45, 7) is 4.02. The molecule has 1 unspecified atom stereocenters. The van der Waals surface area contributed by atoms with Gasteiger partial charge in [-0.1, -0.05) is 197 Å². The number of hydrogen-bond acceptors (Lipinski definition) is 5. The third-order valence-corrected chi connectivity index (χ3v) is 9.39. The molecule has 0 aliphatic rings. The van der Waals surface area contributed by atoms with Gasteiger partial charge in [-0.3, -0.25) is 9.59 Å². The summed E-state index contributed by atoms with van der Waals surface area (Å²) < 4.78 is 10.6. The molecule has 5 nitrogen and oxygen atoms in total. The molecule has 0 aliphatic heterocycles. The lowest BCUT2D eigenvalue weighted by molar-refractivity contribution is -0.161. The smallest absolute Gasteiger partial charge is 0.306 e. The summed E-state index contributed by atoms with van der Waals surface area (Å²) in [4.78, 5) is 24.3. The number of hydrogen-bond donors (Lipinski definition) is 1. The summed E-state index contributed by atoms with van der Waals surface area (Å²) >= 11 is 0. The average molecular weight is 715 g/mol. The molecule has 0 bridgehead atoms. The van der Waals surface area contributed by atoms with Gasteiger partial charge in [0, 0.05) is 12.8 Å². The Morgan fingerprint density at radius 1 is 0.471 bits per heavy atom. The molecule has 0 spiro atoms. The first-order valence-corrected chi connectivity index (χ1v) is 21.7. The molecule has 0 radical (unpaired) electrons. The molecule has 0 saturated carbocycles. The lowest BCUT2D eigenvalue weighted by Gasteiger charge is -2.15. The van der Waals surface area contributed by atoms with Gasteiger partial charge < -0.3 is 14.6 Å². The van der Waals surface area contributed by atoms with Gasteiger partial charge in [0.15, 0.2) is 6.10 Å². The molecule has 0 amide bonds. The fourth-order valence-corrected chi connectivity index (χ4v) is 6.13. The van der Waals surface area contributed by atoms with E-state index < -0.39 is 6.10 Å². The van der Waals surface area contributed by atoms with Gasteiger partial charge in [0.25, 0.3) is 0 Å². The molecule has 51 heavy (non-hydrogen) atoms. The quantitative estimate of drug-likeness (QED) is 0.0390. The van der Waals surface area contributed by atoms with Gasteiger partial charge in [-0.05, 0) is 51.4 Å². The highest BCUT2D eigenvalue weighted by atomic mass is 16.6. The molecule has 0 aromatic rings. The zero-order chi connectivity index (χ0) is 37.1. The predicted molar refractivity (Wildman–Crippen MR) is 219 cm³/mol. The number of aliphatic hydroxyl groups is 1. The van der Waals surface area contributed by atoms with Crippen molar-refractivity contribution in [3.63, 3.8) is 0 Å². The van der Waals surface area contributed by atoms with Crippen molar-refractivity contribution in [3.8, 4) is 0 Å². The molecule has 296 valence electrons.